The highest BCUT2D eigenvalue weighted by Gasteiger charge is 2.36. The molecule has 0 unspecified atom stereocenters. The van der Waals surface area contributed by atoms with E-state index < -0.39 is 58.9 Å². The summed E-state index contributed by atoms with van der Waals surface area (Å²) >= 11 is -0.769. The van der Waals surface area contributed by atoms with E-state index in [0.717, 1.165) is 4.40 Å². The number of thioether (sulfide) groups is 2. The number of nitrogens with two attached hydrogens (primary N) is 1. The molecule has 304 valence electrons. The second-order valence-electron chi connectivity index (χ2n) is 13.9. The Morgan fingerprint density at radius 1 is 0.782 bits per heavy atom. The maximum absolute atomic E-state index is 14.4. The molecule has 5 N–H and O–H groups in total. The molecular formula is C31H40F8N12O2S2. The first-order valence-electron chi connectivity index (χ1n) is 16.8. The van der Waals surface area contributed by atoms with Gasteiger partial charge in [-0.1, -0.05) is 0 Å². The van der Waals surface area contributed by atoms with Crippen LogP contribution in [-0.4, -0.2) is 126 Å². The lowest BCUT2D eigenvalue weighted by atomic mass is 10.0. The third kappa shape index (κ3) is 11.3. The van der Waals surface area contributed by atoms with Gasteiger partial charge in [-0.2, -0.15) is 26.3 Å². The molecule has 0 radical (unpaired) electrons. The van der Waals surface area contributed by atoms with Crippen molar-refractivity contribution in [2.45, 2.75) is 84.7 Å². The maximum Gasteiger partial charge on any atom is 0.447 e. The average Bonchev–Trinajstić information content (AvgIpc) is 3.54. The third-order valence-corrected chi connectivity index (χ3v) is 9.84. The van der Waals surface area contributed by atoms with Crippen LogP contribution < -0.4 is 21.7 Å². The Balaban J connectivity index is 0.000000218. The first-order chi connectivity index (χ1) is 25.6. The van der Waals surface area contributed by atoms with E-state index in [1.807, 2.05) is 23.9 Å². The summed E-state index contributed by atoms with van der Waals surface area (Å²) in [5, 5.41) is 7.59. The van der Waals surface area contributed by atoms with E-state index >= 15 is 0 Å². The molecule has 24 heteroatoms. The highest BCUT2D eigenvalue weighted by Crippen LogP contribution is 2.42. The Labute approximate surface area is 318 Å². The molecule has 6 rings (SSSR count). The van der Waals surface area contributed by atoms with E-state index in [4.69, 9.17) is 10.5 Å². The highest BCUT2D eigenvalue weighted by molar-refractivity contribution is 8.00. The summed E-state index contributed by atoms with van der Waals surface area (Å²) < 4.78 is 114. The van der Waals surface area contributed by atoms with Crippen molar-refractivity contribution >= 4 is 64.2 Å². The third-order valence-electron chi connectivity index (χ3n) is 8.20. The second-order valence-corrected chi connectivity index (χ2v) is 16.0. The minimum atomic E-state index is -4.63. The molecule has 2 aliphatic heterocycles. The topological polar surface area (TPSA) is 155 Å². The van der Waals surface area contributed by atoms with Crippen LogP contribution in [0.3, 0.4) is 0 Å². The largest absolute Gasteiger partial charge is 0.447 e. The summed E-state index contributed by atoms with van der Waals surface area (Å²) in [5.74, 6) is -0.224. The van der Waals surface area contributed by atoms with Crippen LogP contribution in [-0.2, 0) is 4.74 Å². The number of likely N-dealkylation sites (tertiary alicyclic amines) is 2. The number of anilines is 4. The van der Waals surface area contributed by atoms with Crippen molar-refractivity contribution in [2.75, 3.05) is 62.0 Å². The van der Waals surface area contributed by atoms with Gasteiger partial charge in [0.1, 0.15) is 28.0 Å². The molecule has 0 saturated carbocycles. The Kier molecular flexibility index (Phi) is 12.7. The van der Waals surface area contributed by atoms with Gasteiger partial charge < -0.3 is 30.9 Å². The van der Waals surface area contributed by atoms with E-state index in [0.29, 0.717) is 25.9 Å². The number of amides is 1. The molecule has 14 nitrogen and oxygen atoms in total. The Hall–Kier alpha value is -4.03. The Morgan fingerprint density at radius 2 is 1.24 bits per heavy atom. The zero-order chi connectivity index (χ0) is 40.5. The Morgan fingerprint density at radius 3 is 1.69 bits per heavy atom. The van der Waals surface area contributed by atoms with Crippen LogP contribution in [0.15, 0.2) is 34.8 Å². The fourth-order valence-corrected chi connectivity index (χ4v) is 7.09. The van der Waals surface area contributed by atoms with Gasteiger partial charge in [-0.25, -0.2) is 33.5 Å². The molecule has 55 heavy (non-hydrogen) atoms. The quantitative estimate of drug-likeness (QED) is 0.118. The second kappa shape index (κ2) is 16.6. The van der Waals surface area contributed by atoms with Crippen molar-refractivity contribution in [3.05, 3.63) is 24.8 Å². The molecule has 0 bridgehead atoms. The summed E-state index contributed by atoms with van der Waals surface area (Å²) in [6, 6.07) is -1.04. The minimum Gasteiger partial charge on any atom is -0.444 e. The number of rotatable bonds is 7. The van der Waals surface area contributed by atoms with Gasteiger partial charge in [0.15, 0.2) is 34.6 Å². The SMILES string of the molecule is CN1CC[C@@H](Nc2nccn3c(SC(F)(F)F)c(N)nc23)[C@@H](F)C1.CN1CC[C@@H](Nc2nccn3c(SC(F)(F)F)c(NC(=O)OC(C)(C)C)nc23)[C@@H](F)C1. The van der Waals surface area contributed by atoms with Gasteiger partial charge in [0.05, 0.1) is 12.1 Å². The molecule has 4 aromatic rings. The number of alkyl halides is 8. The van der Waals surface area contributed by atoms with E-state index in [9.17, 15) is 39.9 Å². The van der Waals surface area contributed by atoms with Crippen LogP contribution in [0.2, 0.25) is 0 Å². The standard InChI is InChI=1S/C18H24F4N6O2S.C13H16F4N6S/c1-17(2,3)30-16(29)26-13-15(31-18(20,21)22)28-8-6-23-12(14(28)25-13)24-11-5-7-27(4)9-10(11)19;1-22-4-2-8(7(14)6-22)20-10-11-21-9(18)12(24-13(15,16)17)23(11)5-3-19-10/h6,8,10-11H,5,7,9H2,1-4H3,(H,23,24)(H,26,29);3,5,7-8H,2,4,6,18H2,1H3,(H,19,20)/t10-,11+;7-,8+/m00/s1. The molecule has 0 aliphatic carbocycles. The van der Waals surface area contributed by atoms with Crippen LogP contribution in [0.1, 0.15) is 33.6 Å². The van der Waals surface area contributed by atoms with Crippen molar-refractivity contribution in [3.63, 3.8) is 0 Å². The summed E-state index contributed by atoms with van der Waals surface area (Å²) in [6.07, 6.45) is 3.08. The van der Waals surface area contributed by atoms with Crippen molar-refractivity contribution < 1.29 is 44.7 Å². The van der Waals surface area contributed by atoms with Gasteiger partial charge in [0, 0.05) is 74.5 Å². The highest BCUT2D eigenvalue weighted by atomic mass is 32.2. The number of carbonyl (C=O) groups is 1. The van der Waals surface area contributed by atoms with Gasteiger partial charge in [-0.3, -0.25) is 14.1 Å². The molecule has 4 aromatic heterocycles. The van der Waals surface area contributed by atoms with Crippen LogP contribution in [0.25, 0.3) is 11.3 Å². The molecule has 1 amide bonds. The average molecular weight is 829 g/mol. The van der Waals surface area contributed by atoms with Crippen molar-refractivity contribution in [2.24, 2.45) is 0 Å². The van der Waals surface area contributed by atoms with Crippen molar-refractivity contribution in [1.82, 2.24) is 38.5 Å². The van der Waals surface area contributed by atoms with Gasteiger partial charge in [0.2, 0.25) is 0 Å². The number of hydrogen-bond acceptors (Lipinski definition) is 13. The number of nitrogens with one attached hydrogen (secondary N) is 3. The number of carbonyl (C=O) groups excluding carboxylic acids is 1. The molecule has 6 heterocycles. The van der Waals surface area contributed by atoms with E-state index in [-0.39, 0.29) is 69.5 Å². The molecule has 0 aromatic carbocycles. The molecule has 2 fully saturated rings. The Bertz CT molecular complexity index is 1950. The molecular weight excluding hydrogens is 789 g/mol. The molecule has 2 aliphatic rings. The number of ether oxygens (including phenoxy) is 1. The van der Waals surface area contributed by atoms with E-state index in [1.54, 1.807) is 20.8 Å². The smallest absolute Gasteiger partial charge is 0.444 e. The summed E-state index contributed by atoms with van der Waals surface area (Å²) in [4.78, 5) is 32.2. The first kappa shape index (κ1) is 42.1. The van der Waals surface area contributed by atoms with Crippen LogP contribution in [0, 0.1) is 0 Å². The molecule has 0 spiro atoms. The van der Waals surface area contributed by atoms with Gasteiger partial charge in [-0.05, 0) is 47.7 Å². The first-order valence-corrected chi connectivity index (χ1v) is 18.4. The number of fused-ring (bicyclic) bond motifs is 2. The number of hydrogen-bond donors (Lipinski definition) is 4. The lowest BCUT2D eigenvalue weighted by Crippen LogP contribution is -2.46. The lowest BCUT2D eigenvalue weighted by Gasteiger charge is -2.32. The summed E-state index contributed by atoms with van der Waals surface area (Å²) in [5.41, 5.74) is -4.17. The van der Waals surface area contributed by atoms with Gasteiger partial charge in [-0.15, -0.1) is 0 Å². The summed E-state index contributed by atoms with van der Waals surface area (Å²) in [7, 11) is 3.64. The monoisotopic (exact) mass is 828 g/mol. The number of imidazole rings is 2. The summed E-state index contributed by atoms with van der Waals surface area (Å²) in [6.45, 7) is 6.78. The maximum atomic E-state index is 14.4. The molecule has 2 saturated heterocycles. The zero-order valence-electron chi connectivity index (χ0n) is 30.2. The number of nitrogen functional groups attached to an aromatic ring is 1. The normalized spacial score (nSPS) is 21.6. The van der Waals surface area contributed by atoms with Crippen LogP contribution in [0.5, 0.6) is 0 Å². The van der Waals surface area contributed by atoms with Crippen LogP contribution in [0.4, 0.5) is 63.2 Å². The fraction of sp³-hybridized carbons (Fsp3) is 0.581. The number of halogens is 8. The predicted molar refractivity (Wildman–Crippen MR) is 193 cm³/mol. The zero-order valence-corrected chi connectivity index (χ0v) is 31.8. The van der Waals surface area contributed by atoms with Gasteiger partial charge >= 0.3 is 17.1 Å². The van der Waals surface area contributed by atoms with Crippen molar-refractivity contribution in [3.8, 4) is 0 Å². The van der Waals surface area contributed by atoms with Gasteiger partial charge in [0.25, 0.3) is 0 Å². The predicted octanol–water partition coefficient (Wildman–Crippen LogP) is 6.52. The number of aromatic nitrogens is 6. The minimum absolute atomic E-state index is 0.0337. The fourth-order valence-electron chi connectivity index (χ4n) is 5.82. The van der Waals surface area contributed by atoms with E-state index in [2.05, 4.69) is 35.9 Å². The van der Waals surface area contributed by atoms with Crippen LogP contribution >= 0.6 is 23.5 Å². The number of nitrogens with zero attached hydrogens (tertiary/aromatic N) is 8. The lowest BCUT2D eigenvalue weighted by molar-refractivity contribution is -0.0338. The molecule has 4 atom stereocenters. The van der Waals surface area contributed by atoms with E-state index in [1.165, 1.54) is 29.2 Å². The van der Waals surface area contributed by atoms with Crippen molar-refractivity contribution in [1.29, 1.82) is 0 Å². The number of piperidine rings is 2.